The minimum absolute atomic E-state index is 0.0883. The zero-order valence-electron chi connectivity index (χ0n) is 17.3. The van der Waals surface area contributed by atoms with Gasteiger partial charge in [0.05, 0.1) is 17.4 Å². The lowest BCUT2D eigenvalue weighted by Crippen LogP contribution is -2.44. The lowest BCUT2D eigenvalue weighted by atomic mass is 9.89. The van der Waals surface area contributed by atoms with E-state index in [9.17, 15) is 30.8 Å². The number of hydrogen-bond donors (Lipinski definition) is 0. The summed E-state index contributed by atoms with van der Waals surface area (Å²) in [5, 5.41) is 0. The van der Waals surface area contributed by atoms with Crippen molar-refractivity contribution in [1.82, 2.24) is 4.31 Å². The summed E-state index contributed by atoms with van der Waals surface area (Å²) in [4.78, 5) is 12.8. The fourth-order valence-electron chi connectivity index (χ4n) is 3.83. The molecule has 34 heavy (non-hydrogen) atoms. The molecule has 4 rings (SSSR count). The number of ether oxygens (including phenoxy) is 2. The minimum atomic E-state index is -4.95. The van der Waals surface area contributed by atoms with Crippen LogP contribution in [0.1, 0.15) is 22.7 Å². The van der Waals surface area contributed by atoms with Gasteiger partial charge < -0.3 is 9.47 Å². The van der Waals surface area contributed by atoms with Gasteiger partial charge in [-0.2, -0.15) is 0 Å². The molecule has 0 saturated carbocycles. The van der Waals surface area contributed by atoms with Gasteiger partial charge in [-0.25, -0.2) is 17.1 Å². The first-order valence-corrected chi connectivity index (χ1v) is 11.3. The Hall–Kier alpha value is -3.60. The van der Waals surface area contributed by atoms with Crippen molar-refractivity contribution in [3.63, 3.8) is 0 Å². The topological polar surface area (TPSA) is 72.9 Å². The summed E-state index contributed by atoms with van der Waals surface area (Å²) < 4.78 is 87.2. The summed E-state index contributed by atoms with van der Waals surface area (Å²) in [7, 11) is -4.46. The van der Waals surface area contributed by atoms with Crippen molar-refractivity contribution in [2.75, 3.05) is 6.86 Å². The Labute approximate surface area is 192 Å². The second-order valence-corrected chi connectivity index (χ2v) is 9.13. The molecule has 1 aliphatic heterocycles. The fourth-order valence-corrected chi connectivity index (χ4v) is 5.38. The van der Waals surface area contributed by atoms with E-state index in [0.29, 0.717) is 15.4 Å². The molecule has 1 aliphatic rings. The van der Waals surface area contributed by atoms with Crippen molar-refractivity contribution in [2.24, 2.45) is 0 Å². The second-order valence-electron chi connectivity index (χ2n) is 7.32. The van der Waals surface area contributed by atoms with Gasteiger partial charge in [0, 0.05) is 0 Å². The van der Waals surface area contributed by atoms with Gasteiger partial charge in [0.25, 0.3) is 10.0 Å². The van der Waals surface area contributed by atoms with Crippen LogP contribution in [0.4, 0.5) is 17.6 Å². The van der Waals surface area contributed by atoms with Gasteiger partial charge in [-0.3, -0.25) is 4.79 Å². The molecule has 0 radical (unpaired) electrons. The van der Waals surface area contributed by atoms with Crippen LogP contribution in [0.15, 0.2) is 77.7 Å². The van der Waals surface area contributed by atoms with E-state index < -0.39 is 40.9 Å². The number of amides is 1. The lowest BCUT2D eigenvalue weighted by Gasteiger charge is -2.36. The van der Waals surface area contributed by atoms with E-state index in [1.807, 2.05) is 0 Å². The lowest BCUT2D eigenvalue weighted by molar-refractivity contribution is -0.274. The quantitative estimate of drug-likeness (QED) is 0.462. The number of carbonyl (C=O) groups is 1. The van der Waals surface area contributed by atoms with Crippen LogP contribution in [0.2, 0.25) is 0 Å². The molecular formula is C23H17F4NO5S. The molecule has 0 saturated heterocycles. The van der Waals surface area contributed by atoms with Gasteiger partial charge in [0.15, 0.2) is 0 Å². The van der Waals surface area contributed by atoms with Crippen molar-refractivity contribution in [3.8, 4) is 11.5 Å². The van der Waals surface area contributed by atoms with Gasteiger partial charge in [-0.1, -0.05) is 36.4 Å². The van der Waals surface area contributed by atoms with Crippen LogP contribution in [-0.2, 0) is 21.2 Å². The average molecular weight is 495 g/mol. The number of benzene rings is 3. The summed E-state index contributed by atoms with van der Waals surface area (Å²) in [5.41, 5.74) is 1.12. The maximum Gasteiger partial charge on any atom is 0.573 e. The molecule has 0 fully saturated rings. The second kappa shape index (κ2) is 8.98. The van der Waals surface area contributed by atoms with Crippen molar-refractivity contribution in [3.05, 3.63) is 89.5 Å². The first-order chi connectivity index (χ1) is 16.1. The number of halogens is 4. The molecule has 3 aromatic rings. The standard InChI is InChI=1S/C23H17F4NO5S/c24-14-32-17-8-10-19(11-9-17)34(30,31)28-21(29)13-15-4-1-2-7-20(15)22(28)16-5-3-6-18(12-16)33-23(25,26)27/h1-12,22H,13-14H2. The normalized spacial score (nSPS) is 16.2. The van der Waals surface area contributed by atoms with E-state index in [1.54, 1.807) is 24.3 Å². The maximum atomic E-state index is 13.6. The summed E-state index contributed by atoms with van der Waals surface area (Å²) >= 11 is 0. The Morgan fingerprint density at radius 2 is 1.65 bits per heavy atom. The molecule has 0 aromatic heterocycles. The largest absolute Gasteiger partial charge is 0.573 e. The Bertz CT molecular complexity index is 1310. The fraction of sp³-hybridized carbons (Fsp3) is 0.174. The molecule has 0 aliphatic carbocycles. The average Bonchev–Trinajstić information content (AvgIpc) is 2.77. The Morgan fingerprint density at radius 3 is 2.32 bits per heavy atom. The summed E-state index contributed by atoms with van der Waals surface area (Å²) in [6.07, 6.45) is -5.16. The number of rotatable bonds is 6. The first kappa shape index (κ1) is 23.6. The van der Waals surface area contributed by atoms with Gasteiger partial charge in [-0.05, 0) is 53.1 Å². The van der Waals surface area contributed by atoms with Crippen LogP contribution in [0, 0.1) is 0 Å². The Kier molecular flexibility index (Phi) is 6.22. The van der Waals surface area contributed by atoms with Crippen LogP contribution >= 0.6 is 0 Å². The van der Waals surface area contributed by atoms with E-state index in [-0.39, 0.29) is 22.6 Å². The van der Waals surface area contributed by atoms with Crippen LogP contribution in [0.3, 0.4) is 0 Å². The van der Waals surface area contributed by atoms with Gasteiger partial charge in [0.2, 0.25) is 12.8 Å². The zero-order valence-corrected chi connectivity index (χ0v) is 18.1. The van der Waals surface area contributed by atoms with Crippen LogP contribution < -0.4 is 9.47 Å². The van der Waals surface area contributed by atoms with Gasteiger partial charge in [-0.15, -0.1) is 13.2 Å². The molecule has 0 spiro atoms. The molecule has 1 amide bonds. The zero-order chi connectivity index (χ0) is 24.5. The first-order valence-electron chi connectivity index (χ1n) is 9.90. The number of sulfonamides is 1. The van der Waals surface area contributed by atoms with E-state index in [1.165, 1.54) is 24.3 Å². The van der Waals surface area contributed by atoms with E-state index in [4.69, 9.17) is 0 Å². The highest BCUT2D eigenvalue weighted by molar-refractivity contribution is 7.89. The molecular weight excluding hydrogens is 478 g/mol. The summed E-state index contributed by atoms with van der Waals surface area (Å²) in [5.74, 6) is -1.22. The smallest absolute Gasteiger partial charge is 0.463 e. The minimum Gasteiger partial charge on any atom is -0.463 e. The molecule has 11 heteroatoms. The van der Waals surface area contributed by atoms with Crippen LogP contribution in [0.25, 0.3) is 0 Å². The Morgan fingerprint density at radius 1 is 0.941 bits per heavy atom. The van der Waals surface area contributed by atoms with Gasteiger partial charge in [0.1, 0.15) is 11.5 Å². The molecule has 0 N–H and O–H groups in total. The van der Waals surface area contributed by atoms with Crippen LogP contribution in [-0.4, -0.2) is 31.9 Å². The number of nitrogens with zero attached hydrogens (tertiary/aromatic N) is 1. The molecule has 0 bridgehead atoms. The highest BCUT2D eigenvalue weighted by Gasteiger charge is 2.42. The van der Waals surface area contributed by atoms with Gasteiger partial charge >= 0.3 is 6.36 Å². The van der Waals surface area contributed by atoms with Crippen molar-refractivity contribution < 1.29 is 40.2 Å². The monoisotopic (exact) mass is 495 g/mol. The van der Waals surface area contributed by atoms with Crippen molar-refractivity contribution >= 4 is 15.9 Å². The molecule has 3 aromatic carbocycles. The predicted molar refractivity (Wildman–Crippen MR) is 112 cm³/mol. The highest BCUT2D eigenvalue weighted by Crippen LogP contribution is 2.40. The predicted octanol–water partition coefficient (Wildman–Crippen LogP) is 4.75. The highest BCUT2D eigenvalue weighted by atomic mass is 32.2. The van der Waals surface area contributed by atoms with Crippen molar-refractivity contribution in [2.45, 2.75) is 23.7 Å². The molecule has 6 nitrogen and oxygen atoms in total. The summed E-state index contributed by atoms with van der Waals surface area (Å²) in [6.45, 7) is -1.11. The molecule has 1 unspecified atom stereocenters. The Balaban J connectivity index is 1.84. The molecule has 1 heterocycles. The third kappa shape index (κ3) is 4.69. The third-order valence-corrected chi connectivity index (χ3v) is 6.98. The van der Waals surface area contributed by atoms with Crippen molar-refractivity contribution in [1.29, 1.82) is 0 Å². The number of alkyl halides is 4. The molecule has 1 atom stereocenters. The maximum absolute atomic E-state index is 13.6. The SMILES string of the molecule is O=C1Cc2ccccc2C(c2cccc(OC(F)(F)F)c2)N1S(=O)(=O)c1ccc(OCF)cc1. The molecule has 178 valence electrons. The van der Waals surface area contributed by atoms with E-state index in [0.717, 1.165) is 24.3 Å². The van der Waals surface area contributed by atoms with E-state index >= 15 is 0 Å². The number of fused-ring (bicyclic) bond motifs is 1. The van der Waals surface area contributed by atoms with E-state index in [2.05, 4.69) is 9.47 Å². The van der Waals surface area contributed by atoms with Crippen LogP contribution in [0.5, 0.6) is 11.5 Å². The number of carbonyl (C=O) groups excluding carboxylic acids is 1. The number of hydrogen-bond acceptors (Lipinski definition) is 5. The third-order valence-electron chi connectivity index (χ3n) is 5.18. The summed E-state index contributed by atoms with van der Waals surface area (Å²) in [6, 6.07) is 15.0.